The van der Waals surface area contributed by atoms with Crippen LogP contribution in [0, 0.1) is 0 Å². The molecule has 1 atom stereocenters. The molecular weight excluding hydrogens is 254 g/mol. The summed E-state index contributed by atoms with van der Waals surface area (Å²) >= 11 is 0. The van der Waals surface area contributed by atoms with Gasteiger partial charge in [-0.05, 0) is 23.8 Å². The van der Waals surface area contributed by atoms with E-state index in [1.54, 1.807) is 25.3 Å². The predicted octanol–water partition coefficient (Wildman–Crippen LogP) is 2.34. The first-order valence-electron chi connectivity index (χ1n) is 6.41. The van der Waals surface area contributed by atoms with Gasteiger partial charge < -0.3 is 14.7 Å². The molecule has 0 aromatic heterocycles. The van der Waals surface area contributed by atoms with Crippen LogP contribution in [-0.2, 0) is 6.54 Å². The van der Waals surface area contributed by atoms with Crippen molar-refractivity contribution in [2.75, 3.05) is 7.11 Å². The molecule has 0 spiro atoms. The van der Waals surface area contributed by atoms with Crippen molar-refractivity contribution in [1.82, 2.24) is 4.90 Å². The molecule has 4 heteroatoms. The van der Waals surface area contributed by atoms with Crippen molar-refractivity contribution < 1.29 is 14.6 Å². The molecule has 0 fully saturated rings. The summed E-state index contributed by atoms with van der Waals surface area (Å²) in [6.07, 6.45) is -0.874. The highest BCUT2D eigenvalue weighted by molar-refractivity contribution is 5.98. The van der Waals surface area contributed by atoms with Gasteiger partial charge in [-0.15, -0.1) is 0 Å². The molecule has 1 aliphatic heterocycles. The van der Waals surface area contributed by atoms with Crippen LogP contribution < -0.4 is 4.74 Å². The van der Waals surface area contributed by atoms with E-state index in [0.29, 0.717) is 17.7 Å². The number of hydrogen-bond acceptors (Lipinski definition) is 3. The minimum Gasteiger partial charge on any atom is -0.497 e. The summed E-state index contributed by atoms with van der Waals surface area (Å²) in [5.74, 6) is 0.634. The average molecular weight is 269 g/mol. The number of rotatable bonds is 3. The van der Waals surface area contributed by atoms with Gasteiger partial charge in [0.1, 0.15) is 5.75 Å². The summed E-state index contributed by atoms with van der Waals surface area (Å²) in [5, 5.41) is 10.3. The number of aliphatic hydroxyl groups is 1. The van der Waals surface area contributed by atoms with Crippen LogP contribution in [0.4, 0.5) is 0 Å². The Morgan fingerprint density at radius 1 is 1.15 bits per heavy atom. The zero-order chi connectivity index (χ0) is 14.1. The Labute approximate surface area is 117 Å². The highest BCUT2D eigenvalue weighted by atomic mass is 16.5. The zero-order valence-corrected chi connectivity index (χ0v) is 11.1. The number of fused-ring (bicyclic) bond motifs is 1. The van der Waals surface area contributed by atoms with E-state index in [1.165, 1.54) is 4.90 Å². The molecule has 0 saturated carbocycles. The monoisotopic (exact) mass is 269 g/mol. The smallest absolute Gasteiger partial charge is 0.256 e. The van der Waals surface area contributed by atoms with Gasteiger partial charge in [-0.25, -0.2) is 0 Å². The van der Waals surface area contributed by atoms with Crippen LogP contribution in [0.15, 0.2) is 48.5 Å². The lowest BCUT2D eigenvalue weighted by atomic mass is 10.1. The van der Waals surface area contributed by atoms with Gasteiger partial charge in [-0.3, -0.25) is 4.79 Å². The van der Waals surface area contributed by atoms with E-state index in [9.17, 15) is 9.90 Å². The van der Waals surface area contributed by atoms with E-state index in [4.69, 9.17) is 4.74 Å². The number of aliphatic hydroxyl groups excluding tert-OH is 1. The summed E-state index contributed by atoms with van der Waals surface area (Å²) in [6, 6.07) is 14.6. The fourth-order valence-electron chi connectivity index (χ4n) is 2.44. The number of carbonyl (C=O) groups excluding carboxylic acids is 1. The fraction of sp³-hybridized carbons (Fsp3) is 0.188. The van der Waals surface area contributed by atoms with E-state index in [0.717, 1.165) is 11.3 Å². The second kappa shape index (κ2) is 4.98. The predicted molar refractivity (Wildman–Crippen MR) is 74.3 cm³/mol. The third-order valence-corrected chi connectivity index (χ3v) is 3.54. The Hall–Kier alpha value is -2.33. The summed E-state index contributed by atoms with van der Waals surface area (Å²) in [7, 11) is 1.61. The lowest BCUT2D eigenvalue weighted by Gasteiger charge is -2.21. The Morgan fingerprint density at radius 3 is 2.50 bits per heavy atom. The van der Waals surface area contributed by atoms with Crippen LogP contribution in [0.3, 0.4) is 0 Å². The molecule has 2 aromatic carbocycles. The fourth-order valence-corrected chi connectivity index (χ4v) is 2.44. The van der Waals surface area contributed by atoms with Gasteiger partial charge in [-0.1, -0.05) is 30.3 Å². The molecule has 3 rings (SSSR count). The number of carbonyl (C=O) groups is 1. The van der Waals surface area contributed by atoms with Gasteiger partial charge in [-0.2, -0.15) is 0 Å². The molecule has 1 amide bonds. The standard InChI is InChI=1S/C16H15NO3/c1-20-12-8-6-11(7-9-12)10-17-15(18)13-4-2-3-5-14(13)16(17)19/h2-9,15,18H,10H2,1H3. The normalized spacial score (nSPS) is 17.2. The van der Waals surface area contributed by atoms with Crippen LogP contribution >= 0.6 is 0 Å². The highest BCUT2D eigenvalue weighted by Crippen LogP contribution is 2.32. The van der Waals surface area contributed by atoms with Crippen LogP contribution in [0.2, 0.25) is 0 Å². The molecule has 102 valence electrons. The first-order valence-corrected chi connectivity index (χ1v) is 6.41. The molecule has 4 nitrogen and oxygen atoms in total. The molecule has 1 aliphatic rings. The second-order valence-corrected chi connectivity index (χ2v) is 4.74. The average Bonchev–Trinajstić information content (AvgIpc) is 2.74. The Balaban J connectivity index is 1.83. The maximum absolute atomic E-state index is 12.3. The van der Waals surface area contributed by atoms with Gasteiger partial charge >= 0.3 is 0 Å². The van der Waals surface area contributed by atoms with Gasteiger partial charge in [0, 0.05) is 17.7 Å². The molecule has 0 bridgehead atoms. The van der Waals surface area contributed by atoms with E-state index in [-0.39, 0.29) is 5.91 Å². The zero-order valence-electron chi connectivity index (χ0n) is 11.1. The van der Waals surface area contributed by atoms with Crippen LogP contribution in [0.5, 0.6) is 5.75 Å². The minimum atomic E-state index is -0.874. The van der Waals surface area contributed by atoms with Crippen LogP contribution in [-0.4, -0.2) is 23.0 Å². The van der Waals surface area contributed by atoms with E-state index >= 15 is 0 Å². The van der Waals surface area contributed by atoms with Gasteiger partial charge in [0.2, 0.25) is 0 Å². The lowest BCUT2D eigenvalue weighted by molar-refractivity contribution is 0.0137. The number of amides is 1. The number of benzene rings is 2. The van der Waals surface area contributed by atoms with Crippen molar-refractivity contribution in [2.24, 2.45) is 0 Å². The number of ether oxygens (including phenoxy) is 1. The highest BCUT2D eigenvalue weighted by Gasteiger charge is 2.34. The quantitative estimate of drug-likeness (QED) is 0.930. The Morgan fingerprint density at radius 2 is 1.85 bits per heavy atom. The molecule has 1 N–H and O–H groups in total. The first kappa shape index (κ1) is 12.7. The van der Waals surface area contributed by atoms with Crippen molar-refractivity contribution in [1.29, 1.82) is 0 Å². The summed E-state index contributed by atoms with van der Waals surface area (Å²) < 4.78 is 5.10. The minimum absolute atomic E-state index is 0.135. The Bertz CT molecular complexity index is 636. The number of methoxy groups -OCH3 is 1. The summed E-state index contributed by atoms with van der Waals surface area (Å²) in [5.41, 5.74) is 2.20. The maximum atomic E-state index is 12.3. The molecule has 0 radical (unpaired) electrons. The first-order chi connectivity index (χ1) is 9.70. The third kappa shape index (κ3) is 2.04. The summed E-state index contributed by atoms with van der Waals surface area (Å²) in [6.45, 7) is 0.374. The lowest BCUT2D eigenvalue weighted by Crippen LogP contribution is -2.27. The maximum Gasteiger partial charge on any atom is 0.256 e. The largest absolute Gasteiger partial charge is 0.497 e. The number of hydrogen-bond donors (Lipinski definition) is 1. The molecule has 20 heavy (non-hydrogen) atoms. The molecule has 0 aliphatic carbocycles. The van der Waals surface area contributed by atoms with Crippen molar-refractivity contribution in [2.45, 2.75) is 12.8 Å². The molecule has 2 aromatic rings. The van der Waals surface area contributed by atoms with Crippen molar-refractivity contribution in [3.63, 3.8) is 0 Å². The number of nitrogens with zero attached hydrogens (tertiary/aromatic N) is 1. The molecule has 1 heterocycles. The van der Waals surface area contributed by atoms with E-state index < -0.39 is 6.23 Å². The van der Waals surface area contributed by atoms with Gasteiger partial charge in [0.25, 0.3) is 5.91 Å². The molecular formula is C16H15NO3. The van der Waals surface area contributed by atoms with Crippen molar-refractivity contribution >= 4 is 5.91 Å². The van der Waals surface area contributed by atoms with Crippen LogP contribution in [0.1, 0.15) is 27.7 Å². The van der Waals surface area contributed by atoms with E-state index in [1.807, 2.05) is 30.3 Å². The Kier molecular flexibility index (Phi) is 3.16. The second-order valence-electron chi connectivity index (χ2n) is 4.74. The summed E-state index contributed by atoms with van der Waals surface area (Å²) in [4.78, 5) is 13.7. The SMILES string of the molecule is COc1ccc(CN2C(=O)c3ccccc3C2O)cc1. The third-order valence-electron chi connectivity index (χ3n) is 3.54. The molecule has 1 unspecified atom stereocenters. The van der Waals surface area contributed by atoms with Crippen LogP contribution in [0.25, 0.3) is 0 Å². The van der Waals surface area contributed by atoms with E-state index in [2.05, 4.69) is 0 Å². The van der Waals surface area contributed by atoms with Crippen molar-refractivity contribution in [3.8, 4) is 5.75 Å². The van der Waals surface area contributed by atoms with Crippen molar-refractivity contribution in [3.05, 3.63) is 65.2 Å². The van der Waals surface area contributed by atoms with Gasteiger partial charge in [0.05, 0.1) is 7.11 Å². The topological polar surface area (TPSA) is 49.8 Å². The van der Waals surface area contributed by atoms with Gasteiger partial charge in [0.15, 0.2) is 6.23 Å². The molecule has 0 saturated heterocycles.